The fourth-order valence-corrected chi connectivity index (χ4v) is 4.25. The first-order valence-corrected chi connectivity index (χ1v) is 12.1. The predicted molar refractivity (Wildman–Crippen MR) is 123 cm³/mol. The van der Waals surface area contributed by atoms with Gasteiger partial charge in [-0.2, -0.15) is 0 Å². The van der Waals surface area contributed by atoms with Crippen LogP contribution in [0.25, 0.3) is 0 Å². The van der Waals surface area contributed by atoms with Crippen LogP contribution in [-0.2, 0) is 9.59 Å². The predicted octanol–water partition coefficient (Wildman–Crippen LogP) is 7.25. The number of allylic oxidation sites excluding steroid dienone is 2. The summed E-state index contributed by atoms with van der Waals surface area (Å²) in [6, 6.07) is 0. The Hall–Kier alpha value is -1.58. The lowest BCUT2D eigenvalue weighted by Gasteiger charge is -2.18. The molecule has 1 aliphatic rings. The smallest absolute Gasteiger partial charge is 0.227 e. The van der Waals surface area contributed by atoms with Gasteiger partial charge in [-0.15, -0.1) is 0 Å². The molecule has 0 aliphatic heterocycles. The Morgan fingerprint density at radius 2 is 1.17 bits per heavy atom. The zero-order valence-corrected chi connectivity index (χ0v) is 19.9. The van der Waals surface area contributed by atoms with Gasteiger partial charge in [0.15, 0.2) is 11.5 Å². The number of carbonyl (C=O) groups is 2. The van der Waals surface area contributed by atoms with Gasteiger partial charge in [-0.25, -0.2) is 0 Å². The number of rotatable bonds is 15. The van der Waals surface area contributed by atoms with E-state index in [4.69, 9.17) is 0 Å². The Morgan fingerprint density at radius 1 is 0.733 bits per heavy atom. The van der Waals surface area contributed by atoms with Crippen LogP contribution in [-0.4, -0.2) is 21.8 Å². The van der Waals surface area contributed by atoms with Crippen molar-refractivity contribution in [2.45, 2.75) is 105 Å². The molecular weight excluding hydrogens is 376 g/mol. The number of aliphatic hydroxyl groups excluding tert-OH is 2. The van der Waals surface area contributed by atoms with Gasteiger partial charge in [-0.3, -0.25) is 9.59 Å². The van der Waals surface area contributed by atoms with Crippen LogP contribution in [0.5, 0.6) is 0 Å². The molecule has 0 amide bonds. The standard InChI is InChI=1S/C26H44O4/c1-6-18(2)10-7-11-19(3)12-8-13-20(4)14-9-15-21(5)16-22-25(29)23(27)17-24(28)26(22)30/h17-21,27,30H,6-16H2,1-5H3. The zero-order valence-electron chi connectivity index (χ0n) is 19.9. The average Bonchev–Trinajstić information content (AvgIpc) is 2.69. The molecular formula is C26H44O4. The first kappa shape index (κ1) is 26.5. The molecule has 0 aromatic rings. The number of carbonyl (C=O) groups excluding carboxylic acids is 2. The second-order valence-electron chi connectivity index (χ2n) is 9.88. The summed E-state index contributed by atoms with van der Waals surface area (Å²) in [6.45, 7) is 11.4. The van der Waals surface area contributed by atoms with Crippen molar-refractivity contribution < 1.29 is 19.8 Å². The van der Waals surface area contributed by atoms with Gasteiger partial charge < -0.3 is 10.2 Å². The zero-order chi connectivity index (χ0) is 22.7. The van der Waals surface area contributed by atoms with Gasteiger partial charge in [0.2, 0.25) is 11.6 Å². The van der Waals surface area contributed by atoms with Gasteiger partial charge in [-0.05, 0) is 30.1 Å². The fourth-order valence-electron chi connectivity index (χ4n) is 4.25. The van der Waals surface area contributed by atoms with Crippen LogP contribution in [0.15, 0.2) is 23.2 Å². The van der Waals surface area contributed by atoms with Gasteiger partial charge in [0.25, 0.3) is 0 Å². The van der Waals surface area contributed by atoms with Crippen LogP contribution in [0, 0.1) is 23.7 Å². The monoisotopic (exact) mass is 420 g/mol. The van der Waals surface area contributed by atoms with Crippen molar-refractivity contribution in [2.24, 2.45) is 23.7 Å². The van der Waals surface area contributed by atoms with Crippen molar-refractivity contribution in [3.05, 3.63) is 23.2 Å². The highest BCUT2D eigenvalue weighted by Gasteiger charge is 2.29. The Kier molecular flexibility index (Phi) is 12.1. The number of hydrogen-bond donors (Lipinski definition) is 2. The third-order valence-corrected chi connectivity index (χ3v) is 6.72. The minimum Gasteiger partial charge on any atom is -0.504 e. The van der Waals surface area contributed by atoms with Crippen molar-refractivity contribution in [2.75, 3.05) is 0 Å². The van der Waals surface area contributed by atoms with E-state index in [0.29, 0.717) is 12.3 Å². The minimum atomic E-state index is -0.683. The molecule has 30 heavy (non-hydrogen) atoms. The highest BCUT2D eigenvalue weighted by Crippen LogP contribution is 2.27. The highest BCUT2D eigenvalue weighted by atomic mass is 16.3. The summed E-state index contributed by atoms with van der Waals surface area (Å²) in [4.78, 5) is 23.6. The van der Waals surface area contributed by atoms with Crippen LogP contribution in [0.4, 0.5) is 0 Å². The van der Waals surface area contributed by atoms with Gasteiger partial charge >= 0.3 is 0 Å². The molecule has 4 heteroatoms. The first-order valence-electron chi connectivity index (χ1n) is 12.1. The Bertz CT molecular complexity index is 617. The lowest BCUT2D eigenvalue weighted by Crippen LogP contribution is -2.20. The molecule has 0 heterocycles. The molecule has 1 rings (SSSR count). The van der Waals surface area contributed by atoms with Crippen LogP contribution in [0.3, 0.4) is 0 Å². The van der Waals surface area contributed by atoms with Crippen molar-refractivity contribution in [3.8, 4) is 0 Å². The van der Waals surface area contributed by atoms with E-state index in [-0.39, 0.29) is 11.5 Å². The molecule has 0 radical (unpaired) electrons. The lowest BCUT2D eigenvalue weighted by atomic mass is 9.87. The molecule has 0 saturated carbocycles. The summed E-state index contributed by atoms with van der Waals surface area (Å²) in [7, 11) is 0. The van der Waals surface area contributed by atoms with E-state index in [1.807, 2.05) is 6.92 Å². The number of aliphatic hydroxyl groups is 2. The summed E-state index contributed by atoms with van der Waals surface area (Å²) >= 11 is 0. The Labute approximate surface area is 183 Å². The molecule has 0 aromatic carbocycles. The third-order valence-electron chi connectivity index (χ3n) is 6.72. The van der Waals surface area contributed by atoms with Crippen molar-refractivity contribution in [1.29, 1.82) is 0 Å². The fraction of sp³-hybridized carbons (Fsp3) is 0.769. The molecule has 172 valence electrons. The maximum Gasteiger partial charge on any atom is 0.227 e. The summed E-state index contributed by atoms with van der Waals surface area (Å²) in [5, 5.41) is 19.4. The largest absolute Gasteiger partial charge is 0.504 e. The van der Waals surface area contributed by atoms with Crippen molar-refractivity contribution in [3.63, 3.8) is 0 Å². The lowest BCUT2D eigenvalue weighted by molar-refractivity contribution is -0.119. The summed E-state index contributed by atoms with van der Waals surface area (Å²) in [6.07, 6.45) is 13.5. The van der Waals surface area contributed by atoms with E-state index >= 15 is 0 Å². The first-order chi connectivity index (χ1) is 14.1. The highest BCUT2D eigenvalue weighted by molar-refractivity contribution is 6.20. The van der Waals surface area contributed by atoms with E-state index in [1.54, 1.807) is 0 Å². The quantitative estimate of drug-likeness (QED) is 0.274. The summed E-state index contributed by atoms with van der Waals surface area (Å²) in [5.74, 6) is 0.188. The Morgan fingerprint density at radius 3 is 1.63 bits per heavy atom. The summed E-state index contributed by atoms with van der Waals surface area (Å²) < 4.78 is 0. The van der Waals surface area contributed by atoms with E-state index < -0.39 is 23.1 Å². The number of ketones is 2. The molecule has 4 atom stereocenters. The SMILES string of the molecule is CCC(C)CCCC(C)CCCC(C)CCCC(C)CC1=C(O)C(=O)C=C(O)C1=O. The molecule has 0 saturated heterocycles. The summed E-state index contributed by atoms with van der Waals surface area (Å²) in [5.41, 5.74) is 0.0582. The Balaban J connectivity index is 2.20. The average molecular weight is 421 g/mol. The van der Waals surface area contributed by atoms with Gasteiger partial charge in [-0.1, -0.05) is 98.8 Å². The molecule has 1 aliphatic carbocycles. The molecule has 4 unspecified atom stereocenters. The van der Waals surface area contributed by atoms with Crippen LogP contribution >= 0.6 is 0 Å². The molecule has 0 spiro atoms. The minimum absolute atomic E-state index is 0.0582. The van der Waals surface area contributed by atoms with E-state index in [1.165, 1.54) is 44.9 Å². The molecule has 0 bridgehead atoms. The second-order valence-corrected chi connectivity index (χ2v) is 9.88. The third kappa shape index (κ3) is 9.49. The van der Waals surface area contributed by atoms with Gasteiger partial charge in [0.05, 0.1) is 0 Å². The van der Waals surface area contributed by atoms with E-state index in [9.17, 15) is 19.8 Å². The van der Waals surface area contributed by atoms with Crippen molar-refractivity contribution >= 4 is 11.6 Å². The number of hydrogen-bond acceptors (Lipinski definition) is 4. The van der Waals surface area contributed by atoms with Crippen LogP contribution in [0.1, 0.15) is 105 Å². The van der Waals surface area contributed by atoms with E-state index in [2.05, 4.69) is 27.7 Å². The molecule has 0 aromatic heterocycles. The van der Waals surface area contributed by atoms with Gasteiger partial charge in [0.1, 0.15) is 0 Å². The maximum atomic E-state index is 12.0. The molecule has 4 nitrogen and oxygen atoms in total. The van der Waals surface area contributed by atoms with Crippen LogP contribution < -0.4 is 0 Å². The van der Waals surface area contributed by atoms with E-state index in [0.717, 1.165) is 37.2 Å². The van der Waals surface area contributed by atoms with Gasteiger partial charge in [0, 0.05) is 11.6 Å². The van der Waals surface area contributed by atoms with Crippen LogP contribution in [0.2, 0.25) is 0 Å². The van der Waals surface area contributed by atoms with Crippen molar-refractivity contribution in [1.82, 2.24) is 0 Å². The molecule has 2 N–H and O–H groups in total. The normalized spacial score (nSPS) is 18.9. The topological polar surface area (TPSA) is 74.6 Å². The maximum absolute atomic E-state index is 12.0. The second kappa shape index (κ2) is 13.7. The molecule has 0 fully saturated rings. The number of Topliss-reactive ketones (excluding diaryl/α,β-unsaturated/α-hetero) is 1.